The second kappa shape index (κ2) is 8.15. The average molecular weight is 430 g/mol. The average Bonchev–Trinajstić information content (AvgIpc) is 3.11. The van der Waals surface area contributed by atoms with Crippen molar-refractivity contribution in [2.75, 3.05) is 18.4 Å². The van der Waals surface area contributed by atoms with Crippen molar-refractivity contribution in [3.63, 3.8) is 0 Å². The molecule has 1 aliphatic rings. The molecule has 11 heteroatoms. The number of nitrogens with zero attached hydrogens (tertiary/aromatic N) is 3. The first-order chi connectivity index (χ1) is 13.6. The summed E-state index contributed by atoms with van der Waals surface area (Å²) in [6.45, 7) is 2.65. The van der Waals surface area contributed by atoms with Crippen LogP contribution in [0.15, 0.2) is 41.4 Å². The van der Waals surface area contributed by atoms with E-state index in [-0.39, 0.29) is 4.90 Å². The molecule has 2 aromatic rings. The summed E-state index contributed by atoms with van der Waals surface area (Å²) in [5.41, 5.74) is -0.739. The predicted octanol–water partition coefficient (Wildman–Crippen LogP) is 2.96. The number of carbonyl (C=O) groups excluding carboxylic acids is 1. The van der Waals surface area contributed by atoms with E-state index < -0.39 is 34.3 Å². The van der Waals surface area contributed by atoms with Crippen molar-refractivity contribution < 1.29 is 26.4 Å². The van der Waals surface area contributed by atoms with E-state index in [2.05, 4.69) is 17.3 Å². The van der Waals surface area contributed by atoms with Crippen LogP contribution in [0.5, 0.6) is 0 Å². The third kappa shape index (κ3) is 5.15. The summed E-state index contributed by atoms with van der Waals surface area (Å²) in [7, 11) is -3.59. The van der Waals surface area contributed by atoms with Crippen molar-refractivity contribution >= 4 is 21.6 Å². The maximum Gasteiger partial charge on any atom is 0.435 e. The molecule has 1 saturated heterocycles. The number of aromatic nitrogens is 2. The molecule has 1 fully saturated rings. The fourth-order valence-corrected chi connectivity index (χ4v) is 4.50. The van der Waals surface area contributed by atoms with E-state index in [0.29, 0.717) is 24.7 Å². The Bertz CT molecular complexity index is 963. The standard InChI is InChI=1S/C18H21F3N4O3S/c1-13-6-10-25(11-7-13)29(27,28)15-4-2-14(3-5-15)22-17(26)12-24-9-8-16(23-24)18(19,20)21/h2-5,8-9,13H,6-7,10-12H2,1H3,(H,22,26). The zero-order valence-electron chi connectivity index (χ0n) is 15.7. The largest absolute Gasteiger partial charge is 0.435 e. The molecule has 0 saturated carbocycles. The van der Waals surface area contributed by atoms with E-state index in [9.17, 15) is 26.4 Å². The number of amides is 1. The first-order valence-corrected chi connectivity index (χ1v) is 10.5. The minimum atomic E-state index is -4.57. The summed E-state index contributed by atoms with van der Waals surface area (Å²) in [6.07, 6.45) is -1.87. The number of benzene rings is 1. The molecule has 1 N–H and O–H groups in total. The highest BCUT2D eigenvalue weighted by Gasteiger charge is 2.33. The Hall–Kier alpha value is -2.40. The number of nitrogens with one attached hydrogen (secondary N) is 1. The van der Waals surface area contributed by atoms with Gasteiger partial charge in [-0.2, -0.15) is 22.6 Å². The van der Waals surface area contributed by atoms with Crippen molar-refractivity contribution in [3.05, 3.63) is 42.2 Å². The highest BCUT2D eigenvalue weighted by molar-refractivity contribution is 7.89. The molecule has 2 heterocycles. The van der Waals surface area contributed by atoms with Gasteiger partial charge in [0.2, 0.25) is 15.9 Å². The van der Waals surface area contributed by atoms with E-state index >= 15 is 0 Å². The van der Waals surface area contributed by atoms with Gasteiger partial charge in [0, 0.05) is 25.0 Å². The SMILES string of the molecule is CC1CCN(S(=O)(=O)c2ccc(NC(=O)Cn3ccc(C(F)(F)F)n3)cc2)CC1. The van der Waals surface area contributed by atoms with Gasteiger partial charge in [0.05, 0.1) is 4.90 Å². The second-order valence-corrected chi connectivity index (χ2v) is 8.99. The number of hydrogen-bond donors (Lipinski definition) is 1. The van der Waals surface area contributed by atoms with Gasteiger partial charge >= 0.3 is 6.18 Å². The molecule has 0 atom stereocenters. The zero-order valence-corrected chi connectivity index (χ0v) is 16.5. The Morgan fingerprint density at radius 2 is 1.79 bits per heavy atom. The Morgan fingerprint density at radius 3 is 2.34 bits per heavy atom. The van der Waals surface area contributed by atoms with Crippen LogP contribution >= 0.6 is 0 Å². The van der Waals surface area contributed by atoms with Gasteiger partial charge in [-0.1, -0.05) is 6.92 Å². The summed E-state index contributed by atoms with van der Waals surface area (Å²) < 4.78 is 65.3. The third-order valence-electron chi connectivity index (χ3n) is 4.76. The number of sulfonamides is 1. The Labute approximate surface area is 166 Å². The van der Waals surface area contributed by atoms with Crippen LogP contribution in [0.4, 0.5) is 18.9 Å². The highest BCUT2D eigenvalue weighted by Crippen LogP contribution is 2.27. The van der Waals surface area contributed by atoms with Gasteiger partial charge in [-0.05, 0) is 49.1 Å². The van der Waals surface area contributed by atoms with Gasteiger partial charge in [0.15, 0.2) is 5.69 Å². The molecule has 0 unspecified atom stereocenters. The van der Waals surface area contributed by atoms with Gasteiger partial charge in [-0.15, -0.1) is 0 Å². The number of alkyl halides is 3. The number of rotatable bonds is 5. The summed E-state index contributed by atoms with van der Waals surface area (Å²) in [5, 5.41) is 5.83. The molecule has 0 bridgehead atoms. The molecule has 1 amide bonds. The molecular formula is C18H21F3N4O3S. The van der Waals surface area contributed by atoms with Crippen LogP contribution in [0.2, 0.25) is 0 Å². The fraction of sp³-hybridized carbons (Fsp3) is 0.444. The Morgan fingerprint density at radius 1 is 1.17 bits per heavy atom. The lowest BCUT2D eigenvalue weighted by Gasteiger charge is -2.29. The monoisotopic (exact) mass is 430 g/mol. The molecule has 1 aromatic carbocycles. The van der Waals surface area contributed by atoms with Gasteiger partial charge in [-0.3, -0.25) is 9.48 Å². The molecule has 1 aliphatic heterocycles. The van der Waals surface area contributed by atoms with E-state index in [1.807, 2.05) is 0 Å². The van der Waals surface area contributed by atoms with E-state index in [1.54, 1.807) is 0 Å². The van der Waals surface area contributed by atoms with Crippen molar-refractivity contribution in [2.24, 2.45) is 5.92 Å². The van der Waals surface area contributed by atoms with E-state index in [1.165, 1.54) is 28.6 Å². The quantitative estimate of drug-likeness (QED) is 0.791. The van der Waals surface area contributed by atoms with Crippen LogP contribution in [-0.2, 0) is 27.5 Å². The summed E-state index contributed by atoms with van der Waals surface area (Å²) in [4.78, 5) is 12.2. The molecule has 158 valence electrons. The number of halogens is 3. The third-order valence-corrected chi connectivity index (χ3v) is 6.67. The highest BCUT2D eigenvalue weighted by atomic mass is 32.2. The fourth-order valence-electron chi connectivity index (χ4n) is 3.03. The molecule has 7 nitrogen and oxygen atoms in total. The van der Waals surface area contributed by atoms with Gasteiger partial charge in [0.1, 0.15) is 6.54 Å². The van der Waals surface area contributed by atoms with Crippen molar-refractivity contribution in [3.8, 4) is 0 Å². The molecule has 0 aliphatic carbocycles. The minimum Gasteiger partial charge on any atom is -0.324 e. The molecule has 1 aromatic heterocycles. The lowest BCUT2D eigenvalue weighted by molar-refractivity contribution is -0.141. The van der Waals surface area contributed by atoms with Crippen LogP contribution in [0, 0.1) is 5.92 Å². The smallest absolute Gasteiger partial charge is 0.324 e. The Kier molecular flexibility index (Phi) is 5.99. The zero-order chi connectivity index (χ0) is 21.2. The molecule has 0 radical (unpaired) electrons. The van der Waals surface area contributed by atoms with Crippen LogP contribution in [0.1, 0.15) is 25.5 Å². The van der Waals surface area contributed by atoms with Crippen LogP contribution in [0.25, 0.3) is 0 Å². The van der Waals surface area contributed by atoms with Crippen molar-refractivity contribution in [1.29, 1.82) is 0 Å². The molecule has 3 rings (SSSR count). The van der Waals surface area contributed by atoms with E-state index in [0.717, 1.165) is 29.8 Å². The minimum absolute atomic E-state index is 0.131. The van der Waals surface area contributed by atoms with Gasteiger partial charge in [-0.25, -0.2) is 8.42 Å². The lowest BCUT2D eigenvalue weighted by atomic mass is 10.0. The maximum atomic E-state index is 12.7. The van der Waals surface area contributed by atoms with Gasteiger partial charge in [0.25, 0.3) is 0 Å². The normalized spacial score (nSPS) is 16.7. The number of piperidine rings is 1. The number of anilines is 1. The Balaban J connectivity index is 1.61. The first-order valence-electron chi connectivity index (χ1n) is 9.06. The van der Waals surface area contributed by atoms with Crippen LogP contribution in [0.3, 0.4) is 0 Å². The van der Waals surface area contributed by atoms with Crippen molar-refractivity contribution in [2.45, 2.75) is 37.4 Å². The topological polar surface area (TPSA) is 84.3 Å². The maximum absolute atomic E-state index is 12.7. The number of carbonyl (C=O) groups is 1. The second-order valence-electron chi connectivity index (χ2n) is 7.06. The number of hydrogen-bond acceptors (Lipinski definition) is 4. The lowest BCUT2D eigenvalue weighted by Crippen LogP contribution is -2.37. The van der Waals surface area contributed by atoms with Crippen molar-refractivity contribution in [1.82, 2.24) is 14.1 Å². The summed E-state index contributed by atoms with van der Waals surface area (Å²) in [5.74, 6) is -0.0801. The van der Waals surface area contributed by atoms with Gasteiger partial charge < -0.3 is 5.32 Å². The first kappa shape index (κ1) is 21.3. The predicted molar refractivity (Wildman–Crippen MR) is 99.5 cm³/mol. The van der Waals surface area contributed by atoms with E-state index in [4.69, 9.17) is 0 Å². The van der Waals surface area contributed by atoms with Crippen LogP contribution < -0.4 is 5.32 Å². The molecular weight excluding hydrogens is 409 g/mol. The molecule has 0 spiro atoms. The summed E-state index contributed by atoms with van der Waals surface area (Å²) >= 11 is 0. The molecule has 29 heavy (non-hydrogen) atoms. The van der Waals surface area contributed by atoms with Crippen LogP contribution in [-0.4, -0.2) is 41.5 Å². The summed E-state index contributed by atoms with van der Waals surface area (Å²) in [6, 6.07) is 6.48.